The number of hydrogen-bond acceptors (Lipinski definition) is 3. The molecule has 0 radical (unpaired) electrons. The first-order chi connectivity index (χ1) is 10.7. The normalized spacial score (nSPS) is 12.8. The van der Waals surface area contributed by atoms with Gasteiger partial charge in [-0.05, 0) is 51.7 Å². The largest absolute Gasteiger partial charge is 0.496 e. The van der Waals surface area contributed by atoms with E-state index in [0.717, 1.165) is 12.1 Å². The number of carbonyl (C=O) groups excluding carboxylic acids is 1. The molecule has 0 N–H and O–H groups in total. The van der Waals surface area contributed by atoms with Gasteiger partial charge >= 0.3 is 5.97 Å². The zero-order valence-corrected chi connectivity index (χ0v) is 14.7. The fourth-order valence-electron chi connectivity index (χ4n) is 2.20. The summed E-state index contributed by atoms with van der Waals surface area (Å²) in [5, 5.41) is 0. The second kappa shape index (κ2) is 8.48. The van der Waals surface area contributed by atoms with Gasteiger partial charge in [0.25, 0.3) is 0 Å². The molecule has 130 valence electrons. The average molecular weight is 349 g/mol. The van der Waals surface area contributed by atoms with Crippen LogP contribution in [-0.2, 0) is 16.0 Å². The van der Waals surface area contributed by atoms with E-state index in [-0.39, 0.29) is 18.1 Å². The summed E-state index contributed by atoms with van der Waals surface area (Å²) in [4.78, 5) is 12.3. The predicted octanol–water partition coefficient (Wildman–Crippen LogP) is 4.49. The molecule has 1 aromatic carbocycles. The molecule has 23 heavy (non-hydrogen) atoms. The number of rotatable bonds is 7. The van der Waals surface area contributed by atoms with Crippen molar-refractivity contribution in [2.24, 2.45) is 5.92 Å². The lowest BCUT2D eigenvalue weighted by molar-refractivity contribution is -0.160. The summed E-state index contributed by atoms with van der Waals surface area (Å²) in [6.45, 7) is 5.34. The molecule has 0 bridgehead atoms. The monoisotopic (exact) mass is 348 g/mol. The van der Waals surface area contributed by atoms with Crippen LogP contribution < -0.4 is 4.74 Å². The first-order valence-corrected chi connectivity index (χ1v) is 8.02. The molecule has 0 spiro atoms. The molecule has 0 saturated carbocycles. The molecule has 3 nitrogen and oxygen atoms in total. The summed E-state index contributed by atoms with van der Waals surface area (Å²) in [6.07, 6.45) is 1.32. The molecule has 0 aliphatic carbocycles. The third kappa shape index (κ3) is 6.34. The highest BCUT2D eigenvalue weighted by atomic mass is 35.5. The molecule has 1 atom stereocenters. The lowest BCUT2D eigenvalue weighted by Crippen LogP contribution is -2.30. The highest BCUT2D eigenvalue weighted by molar-refractivity contribution is 6.17. The molecule has 1 aromatic rings. The Labute approximate surface area is 140 Å². The molecule has 0 heterocycles. The van der Waals surface area contributed by atoms with Crippen LogP contribution in [0.15, 0.2) is 12.1 Å². The van der Waals surface area contributed by atoms with E-state index in [1.165, 1.54) is 7.11 Å². The quantitative estimate of drug-likeness (QED) is 0.538. The van der Waals surface area contributed by atoms with Crippen molar-refractivity contribution in [1.29, 1.82) is 0 Å². The SMILES string of the molecule is COc1cc(F)c(F)cc1CC(CCCCl)C(=O)OC(C)(C)C. The van der Waals surface area contributed by atoms with E-state index < -0.39 is 23.2 Å². The Morgan fingerprint density at radius 2 is 1.87 bits per heavy atom. The molecule has 0 saturated heterocycles. The minimum absolute atomic E-state index is 0.201. The standard InChI is InChI=1S/C17H23ClF2O3/c1-17(2,3)23-16(21)11(6-5-7-18)8-12-9-13(19)14(20)10-15(12)22-4/h9-11H,5-8H2,1-4H3. The van der Waals surface area contributed by atoms with E-state index in [0.29, 0.717) is 24.3 Å². The van der Waals surface area contributed by atoms with Gasteiger partial charge in [-0.15, -0.1) is 11.6 Å². The number of alkyl halides is 1. The second-order valence-electron chi connectivity index (χ2n) is 6.34. The number of ether oxygens (including phenoxy) is 2. The number of carbonyl (C=O) groups is 1. The van der Waals surface area contributed by atoms with E-state index >= 15 is 0 Å². The van der Waals surface area contributed by atoms with Crippen LogP contribution in [0.3, 0.4) is 0 Å². The average Bonchev–Trinajstić information content (AvgIpc) is 2.44. The van der Waals surface area contributed by atoms with E-state index in [2.05, 4.69) is 0 Å². The molecule has 0 aromatic heterocycles. The molecule has 0 aliphatic rings. The van der Waals surface area contributed by atoms with Crippen molar-refractivity contribution in [2.75, 3.05) is 13.0 Å². The van der Waals surface area contributed by atoms with Gasteiger partial charge in [0.15, 0.2) is 11.6 Å². The number of benzene rings is 1. The first kappa shape index (κ1) is 19.7. The van der Waals surface area contributed by atoms with Crippen LogP contribution >= 0.6 is 11.6 Å². The Morgan fingerprint density at radius 3 is 2.39 bits per heavy atom. The molecule has 6 heteroatoms. The summed E-state index contributed by atoms with van der Waals surface area (Å²) >= 11 is 5.70. The summed E-state index contributed by atoms with van der Waals surface area (Å²) in [7, 11) is 1.37. The minimum atomic E-state index is -0.986. The van der Waals surface area contributed by atoms with Crippen LogP contribution in [-0.4, -0.2) is 24.6 Å². The van der Waals surface area contributed by atoms with Crippen molar-refractivity contribution in [1.82, 2.24) is 0 Å². The Bertz CT molecular complexity index is 541. The van der Waals surface area contributed by atoms with Crippen molar-refractivity contribution in [3.05, 3.63) is 29.3 Å². The van der Waals surface area contributed by atoms with Crippen LogP contribution in [0.4, 0.5) is 8.78 Å². The zero-order chi connectivity index (χ0) is 17.6. The predicted molar refractivity (Wildman–Crippen MR) is 85.9 cm³/mol. The van der Waals surface area contributed by atoms with Gasteiger partial charge < -0.3 is 9.47 Å². The van der Waals surface area contributed by atoms with Crippen molar-refractivity contribution in [3.63, 3.8) is 0 Å². The van der Waals surface area contributed by atoms with Gasteiger partial charge in [0, 0.05) is 11.9 Å². The van der Waals surface area contributed by atoms with Gasteiger partial charge in [-0.3, -0.25) is 4.79 Å². The highest BCUT2D eigenvalue weighted by Crippen LogP contribution is 2.27. The molecular formula is C17H23ClF2O3. The van der Waals surface area contributed by atoms with E-state index in [1.807, 2.05) is 0 Å². The smallest absolute Gasteiger partial charge is 0.309 e. The number of esters is 1. The van der Waals surface area contributed by atoms with Gasteiger partial charge in [-0.1, -0.05) is 0 Å². The summed E-state index contributed by atoms with van der Waals surface area (Å²) in [5.74, 6) is -2.21. The summed E-state index contributed by atoms with van der Waals surface area (Å²) < 4.78 is 37.3. The Balaban J connectivity index is 3.01. The van der Waals surface area contributed by atoms with Crippen LogP contribution in [0.25, 0.3) is 0 Å². The molecule has 0 amide bonds. The van der Waals surface area contributed by atoms with Crippen molar-refractivity contribution in [2.45, 2.75) is 45.6 Å². The fraction of sp³-hybridized carbons (Fsp3) is 0.588. The lowest BCUT2D eigenvalue weighted by atomic mass is 9.94. The van der Waals surface area contributed by atoms with E-state index in [9.17, 15) is 13.6 Å². The molecule has 1 rings (SSSR count). The van der Waals surface area contributed by atoms with Gasteiger partial charge in [-0.2, -0.15) is 0 Å². The lowest BCUT2D eigenvalue weighted by Gasteiger charge is -2.24. The second-order valence-corrected chi connectivity index (χ2v) is 6.72. The first-order valence-electron chi connectivity index (χ1n) is 7.48. The minimum Gasteiger partial charge on any atom is -0.496 e. The molecular weight excluding hydrogens is 326 g/mol. The Morgan fingerprint density at radius 1 is 1.26 bits per heavy atom. The zero-order valence-electron chi connectivity index (χ0n) is 13.9. The molecule has 1 unspecified atom stereocenters. The van der Waals surface area contributed by atoms with E-state index in [4.69, 9.17) is 21.1 Å². The Kier molecular flexibility index (Phi) is 7.26. The van der Waals surface area contributed by atoms with Crippen LogP contribution in [0.5, 0.6) is 5.75 Å². The van der Waals surface area contributed by atoms with Gasteiger partial charge in [0.05, 0.1) is 13.0 Å². The molecule has 0 aliphatic heterocycles. The summed E-state index contributed by atoms with van der Waals surface area (Å²) in [5.41, 5.74) is -0.189. The highest BCUT2D eigenvalue weighted by Gasteiger charge is 2.26. The third-order valence-corrected chi connectivity index (χ3v) is 3.48. The van der Waals surface area contributed by atoms with Crippen molar-refractivity contribution < 1.29 is 23.0 Å². The maximum absolute atomic E-state index is 13.5. The third-order valence-electron chi connectivity index (χ3n) is 3.22. The maximum Gasteiger partial charge on any atom is 0.309 e. The van der Waals surface area contributed by atoms with Gasteiger partial charge in [-0.25, -0.2) is 8.78 Å². The fourth-order valence-corrected chi connectivity index (χ4v) is 2.35. The Hall–Kier alpha value is -1.36. The van der Waals surface area contributed by atoms with Gasteiger partial charge in [0.1, 0.15) is 11.4 Å². The topological polar surface area (TPSA) is 35.5 Å². The van der Waals surface area contributed by atoms with Gasteiger partial charge in [0.2, 0.25) is 0 Å². The summed E-state index contributed by atoms with van der Waals surface area (Å²) in [6, 6.07) is 2.05. The number of methoxy groups -OCH3 is 1. The number of halogens is 3. The molecule has 0 fully saturated rings. The van der Waals surface area contributed by atoms with Crippen LogP contribution in [0, 0.1) is 17.6 Å². The number of hydrogen-bond donors (Lipinski definition) is 0. The van der Waals surface area contributed by atoms with Crippen molar-refractivity contribution >= 4 is 17.6 Å². The maximum atomic E-state index is 13.5. The van der Waals surface area contributed by atoms with Crippen molar-refractivity contribution in [3.8, 4) is 5.75 Å². The van der Waals surface area contributed by atoms with Crippen LogP contribution in [0.1, 0.15) is 39.2 Å². The van der Waals surface area contributed by atoms with E-state index in [1.54, 1.807) is 20.8 Å². The van der Waals surface area contributed by atoms with Crippen LogP contribution in [0.2, 0.25) is 0 Å².